The predicted molar refractivity (Wildman–Crippen MR) is 78.6 cm³/mol. The Morgan fingerprint density at radius 2 is 1.79 bits per heavy atom. The SMILES string of the molecule is Cc1c(C(=O)C(O)c2ccccc2)cc(C(F)(F)F)cc1[N+](=O)[O-]. The highest BCUT2D eigenvalue weighted by atomic mass is 19.4. The monoisotopic (exact) mass is 339 g/mol. The van der Waals surface area contributed by atoms with Crippen LogP contribution in [0.1, 0.15) is 33.2 Å². The van der Waals surface area contributed by atoms with E-state index >= 15 is 0 Å². The zero-order valence-electron chi connectivity index (χ0n) is 12.4. The molecule has 0 radical (unpaired) electrons. The van der Waals surface area contributed by atoms with Gasteiger partial charge < -0.3 is 5.11 Å². The zero-order valence-corrected chi connectivity index (χ0v) is 12.4. The molecule has 0 aliphatic rings. The number of alkyl halides is 3. The lowest BCUT2D eigenvalue weighted by molar-refractivity contribution is -0.385. The van der Waals surface area contributed by atoms with Crippen LogP contribution >= 0.6 is 0 Å². The first-order chi connectivity index (χ1) is 11.1. The van der Waals surface area contributed by atoms with E-state index in [2.05, 4.69) is 0 Å². The van der Waals surface area contributed by atoms with E-state index < -0.39 is 39.8 Å². The van der Waals surface area contributed by atoms with Crippen LogP contribution in [0.25, 0.3) is 0 Å². The minimum absolute atomic E-state index is 0.182. The molecular weight excluding hydrogens is 327 g/mol. The number of nitro benzene ring substituents is 1. The Bertz CT molecular complexity index is 788. The molecular formula is C16H12F3NO4. The van der Waals surface area contributed by atoms with Crippen LogP contribution in [0.2, 0.25) is 0 Å². The van der Waals surface area contributed by atoms with Crippen molar-refractivity contribution in [3.05, 3.63) is 74.8 Å². The van der Waals surface area contributed by atoms with Gasteiger partial charge in [0.15, 0.2) is 5.78 Å². The highest BCUT2D eigenvalue weighted by Gasteiger charge is 2.35. The molecule has 1 unspecified atom stereocenters. The Balaban J connectivity index is 2.58. The van der Waals surface area contributed by atoms with Gasteiger partial charge in [-0.2, -0.15) is 13.2 Å². The molecule has 0 fully saturated rings. The molecule has 24 heavy (non-hydrogen) atoms. The normalized spacial score (nSPS) is 12.7. The minimum atomic E-state index is -4.86. The number of aliphatic hydroxyl groups is 1. The van der Waals surface area contributed by atoms with Crippen molar-refractivity contribution in [3.63, 3.8) is 0 Å². The van der Waals surface area contributed by atoms with Gasteiger partial charge in [-0.3, -0.25) is 14.9 Å². The summed E-state index contributed by atoms with van der Waals surface area (Å²) >= 11 is 0. The summed E-state index contributed by atoms with van der Waals surface area (Å²) in [5.41, 5.74) is -2.72. The van der Waals surface area contributed by atoms with E-state index in [1.807, 2.05) is 0 Å². The summed E-state index contributed by atoms with van der Waals surface area (Å²) in [6.07, 6.45) is -6.57. The molecule has 2 aromatic rings. The molecule has 0 bridgehead atoms. The fourth-order valence-electron chi connectivity index (χ4n) is 2.24. The Labute approximate surface area is 134 Å². The van der Waals surface area contributed by atoms with E-state index in [1.165, 1.54) is 19.1 Å². The van der Waals surface area contributed by atoms with E-state index in [0.29, 0.717) is 12.1 Å². The Kier molecular flexibility index (Phi) is 4.70. The van der Waals surface area contributed by atoms with E-state index in [9.17, 15) is 33.2 Å². The third-order valence-corrected chi connectivity index (χ3v) is 3.53. The lowest BCUT2D eigenvalue weighted by Gasteiger charge is -2.14. The number of ketones is 1. The number of carbonyl (C=O) groups excluding carboxylic acids is 1. The summed E-state index contributed by atoms with van der Waals surface area (Å²) in [7, 11) is 0. The van der Waals surface area contributed by atoms with Gasteiger partial charge in [-0.25, -0.2) is 0 Å². The molecule has 1 atom stereocenters. The van der Waals surface area contributed by atoms with Crippen LogP contribution in [0.3, 0.4) is 0 Å². The van der Waals surface area contributed by atoms with Gasteiger partial charge in [0.05, 0.1) is 10.5 Å². The third-order valence-electron chi connectivity index (χ3n) is 3.53. The second-order valence-electron chi connectivity index (χ2n) is 5.10. The molecule has 0 saturated heterocycles. The van der Waals surface area contributed by atoms with Crippen molar-refractivity contribution in [3.8, 4) is 0 Å². The van der Waals surface area contributed by atoms with Gasteiger partial charge in [-0.15, -0.1) is 0 Å². The molecule has 8 heteroatoms. The van der Waals surface area contributed by atoms with Gasteiger partial charge in [0.25, 0.3) is 5.69 Å². The van der Waals surface area contributed by atoms with Crippen molar-refractivity contribution < 1.29 is 28.0 Å². The van der Waals surface area contributed by atoms with Crippen LogP contribution in [-0.4, -0.2) is 15.8 Å². The molecule has 0 spiro atoms. The maximum atomic E-state index is 12.9. The average Bonchev–Trinajstić information content (AvgIpc) is 2.53. The summed E-state index contributed by atoms with van der Waals surface area (Å²) in [5.74, 6) is -1.03. The highest BCUT2D eigenvalue weighted by molar-refractivity contribution is 6.02. The Morgan fingerprint density at radius 3 is 2.29 bits per heavy atom. The van der Waals surface area contributed by atoms with Gasteiger partial charge in [-0.05, 0) is 18.6 Å². The second kappa shape index (κ2) is 6.40. The smallest absolute Gasteiger partial charge is 0.380 e. The van der Waals surface area contributed by atoms with Gasteiger partial charge >= 0.3 is 6.18 Å². The van der Waals surface area contributed by atoms with E-state index in [1.54, 1.807) is 18.2 Å². The molecule has 126 valence electrons. The minimum Gasteiger partial charge on any atom is -0.380 e. The highest BCUT2D eigenvalue weighted by Crippen LogP contribution is 2.36. The summed E-state index contributed by atoms with van der Waals surface area (Å²) in [5, 5.41) is 21.1. The van der Waals surface area contributed by atoms with Gasteiger partial charge in [0, 0.05) is 17.2 Å². The largest absolute Gasteiger partial charge is 0.416 e. The molecule has 0 heterocycles. The van der Waals surface area contributed by atoms with Crippen LogP contribution in [0.5, 0.6) is 0 Å². The first-order valence-electron chi connectivity index (χ1n) is 6.76. The molecule has 0 aliphatic heterocycles. The number of halogens is 3. The summed E-state index contributed by atoms with van der Waals surface area (Å²) in [6, 6.07) is 8.50. The maximum absolute atomic E-state index is 12.9. The van der Waals surface area contributed by atoms with Crippen molar-refractivity contribution in [1.82, 2.24) is 0 Å². The maximum Gasteiger partial charge on any atom is 0.416 e. The van der Waals surface area contributed by atoms with E-state index in [4.69, 9.17) is 0 Å². The Hall–Kier alpha value is -2.74. The predicted octanol–water partition coefficient (Wildman–Crippen LogP) is 3.84. The number of carbonyl (C=O) groups is 1. The van der Waals surface area contributed by atoms with Crippen LogP contribution in [-0.2, 0) is 6.18 Å². The van der Waals surface area contributed by atoms with Crippen molar-refractivity contribution in [1.29, 1.82) is 0 Å². The van der Waals surface area contributed by atoms with Crippen LogP contribution < -0.4 is 0 Å². The summed E-state index contributed by atoms with van der Waals surface area (Å²) in [4.78, 5) is 22.4. The number of nitrogens with zero attached hydrogens (tertiary/aromatic N) is 1. The lowest BCUT2D eigenvalue weighted by atomic mass is 9.94. The quantitative estimate of drug-likeness (QED) is 0.521. The zero-order chi connectivity index (χ0) is 18.1. The molecule has 1 N–H and O–H groups in total. The summed E-state index contributed by atoms with van der Waals surface area (Å²) < 4.78 is 38.8. The fraction of sp³-hybridized carbons (Fsp3) is 0.188. The molecule has 0 aromatic heterocycles. The number of hydrogen-bond donors (Lipinski definition) is 1. The molecule has 0 saturated carbocycles. The van der Waals surface area contributed by atoms with Crippen molar-refractivity contribution in [2.45, 2.75) is 19.2 Å². The van der Waals surface area contributed by atoms with Gasteiger partial charge in [0.2, 0.25) is 0 Å². The molecule has 5 nitrogen and oxygen atoms in total. The topological polar surface area (TPSA) is 80.4 Å². The van der Waals surface area contributed by atoms with Gasteiger partial charge in [-0.1, -0.05) is 30.3 Å². The Morgan fingerprint density at radius 1 is 1.21 bits per heavy atom. The number of hydrogen-bond acceptors (Lipinski definition) is 4. The van der Waals surface area contributed by atoms with Crippen LogP contribution in [0.15, 0.2) is 42.5 Å². The molecule has 0 amide bonds. The number of nitro groups is 1. The molecule has 2 rings (SSSR count). The number of Topliss-reactive ketones (excluding diaryl/α,β-unsaturated/α-hetero) is 1. The molecule has 2 aromatic carbocycles. The number of aliphatic hydroxyl groups excluding tert-OH is 1. The second-order valence-corrected chi connectivity index (χ2v) is 5.10. The first-order valence-corrected chi connectivity index (χ1v) is 6.76. The van der Waals surface area contributed by atoms with Crippen molar-refractivity contribution in [2.75, 3.05) is 0 Å². The number of benzene rings is 2. The van der Waals surface area contributed by atoms with Crippen LogP contribution in [0.4, 0.5) is 18.9 Å². The van der Waals surface area contributed by atoms with E-state index in [0.717, 1.165) is 0 Å². The number of rotatable bonds is 4. The third kappa shape index (κ3) is 3.43. The van der Waals surface area contributed by atoms with Crippen molar-refractivity contribution >= 4 is 11.5 Å². The van der Waals surface area contributed by atoms with Gasteiger partial charge in [0.1, 0.15) is 6.10 Å². The lowest BCUT2D eigenvalue weighted by Crippen LogP contribution is -2.16. The first kappa shape index (κ1) is 17.6. The summed E-state index contributed by atoms with van der Waals surface area (Å²) in [6.45, 7) is 1.17. The van der Waals surface area contributed by atoms with Crippen molar-refractivity contribution in [2.24, 2.45) is 0 Å². The molecule has 0 aliphatic carbocycles. The standard InChI is InChI=1S/C16H12F3NO4/c1-9-12(15(22)14(21)10-5-3-2-4-6-10)7-11(16(17,18)19)8-13(9)20(23)24/h2-8,14,21H,1H3. The van der Waals surface area contributed by atoms with E-state index in [-0.39, 0.29) is 11.1 Å². The average molecular weight is 339 g/mol. The fourth-order valence-corrected chi connectivity index (χ4v) is 2.24. The van der Waals surface area contributed by atoms with Crippen LogP contribution in [0, 0.1) is 17.0 Å².